The highest BCUT2D eigenvalue weighted by molar-refractivity contribution is 6.06. The maximum atomic E-state index is 12.7. The van der Waals surface area contributed by atoms with Crippen LogP contribution in [0.3, 0.4) is 0 Å². The summed E-state index contributed by atoms with van der Waals surface area (Å²) >= 11 is 0. The average Bonchev–Trinajstić information content (AvgIpc) is 2.89. The fourth-order valence-corrected chi connectivity index (χ4v) is 3.30. The Morgan fingerprint density at radius 2 is 1.21 bits per heavy atom. The van der Waals surface area contributed by atoms with Crippen molar-refractivity contribution < 1.29 is 19.1 Å². The molecule has 0 aromatic heterocycles. The van der Waals surface area contributed by atoms with E-state index in [2.05, 4.69) is 10.6 Å². The number of carbonyl (C=O) groups excluding carboxylic acids is 2. The first kappa shape index (κ1) is 22.6. The highest BCUT2D eigenvalue weighted by Gasteiger charge is 2.13. The molecule has 0 spiro atoms. The second kappa shape index (κ2) is 10.8. The van der Waals surface area contributed by atoms with Crippen LogP contribution in [-0.2, 0) is 6.61 Å². The number of amides is 2. The van der Waals surface area contributed by atoms with E-state index < -0.39 is 0 Å². The van der Waals surface area contributed by atoms with E-state index in [4.69, 9.17) is 9.47 Å². The highest BCUT2D eigenvalue weighted by atomic mass is 16.5. The van der Waals surface area contributed by atoms with Crippen LogP contribution in [0.4, 0.5) is 11.4 Å². The standard InChI is InChI=1S/C28H24N2O4/c1-33-26-18-22(14-17-25(26)34-19-20-8-4-2-5-9-20)28(32)30-24-15-12-21(13-16-24)27(31)29-23-10-6-3-7-11-23/h2-18H,19H2,1H3,(H,29,31)(H,30,32). The summed E-state index contributed by atoms with van der Waals surface area (Å²) in [5.41, 5.74) is 3.24. The van der Waals surface area contributed by atoms with E-state index in [1.165, 1.54) is 7.11 Å². The Morgan fingerprint density at radius 3 is 1.85 bits per heavy atom. The third kappa shape index (κ3) is 5.81. The van der Waals surface area contributed by atoms with Crippen molar-refractivity contribution in [3.05, 3.63) is 120 Å². The first-order valence-corrected chi connectivity index (χ1v) is 10.7. The van der Waals surface area contributed by atoms with Gasteiger partial charge >= 0.3 is 0 Å². The van der Waals surface area contributed by atoms with Crippen LogP contribution >= 0.6 is 0 Å². The average molecular weight is 453 g/mol. The molecule has 4 aromatic rings. The van der Waals surface area contributed by atoms with Gasteiger partial charge in [0.05, 0.1) is 7.11 Å². The number of hydrogen-bond acceptors (Lipinski definition) is 4. The summed E-state index contributed by atoms with van der Waals surface area (Å²) in [7, 11) is 1.53. The molecule has 0 heterocycles. The minimum absolute atomic E-state index is 0.222. The van der Waals surface area contributed by atoms with Crippen molar-refractivity contribution in [1.82, 2.24) is 0 Å². The summed E-state index contributed by atoms with van der Waals surface area (Å²) in [6.45, 7) is 0.396. The monoisotopic (exact) mass is 452 g/mol. The van der Waals surface area contributed by atoms with E-state index in [0.29, 0.717) is 34.9 Å². The number of para-hydroxylation sites is 1. The van der Waals surface area contributed by atoms with E-state index in [9.17, 15) is 9.59 Å². The quantitative estimate of drug-likeness (QED) is 0.355. The van der Waals surface area contributed by atoms with E-state index in [-0.39, 0.29) is 11.8 Å². The van der Waals surface area contributed by atoms with Gasteiger partial charge in [0.25, 0.3) is 11.8 Å². The Kier molecular flexibility index (Phi) is 7.20. The number of anilines is 2. The molecule has 0 aliphatic heterocycles. The molecule has 6 heteroatoms. The van der Waals surface area contributed by atoms with E-state index in [0.717, 1.165) is 11.3 Å². The van der Waals surface area contributed by atoms with Gasteiger partial charge in [-0.25, -0.2) is 0 Å². The molecular weight excluding hydrogens is 428 g/mol. The van der Waals surface area contributed by atoms with Gasteiger partial charge in [0.15, 0.2) is 11.5 Å². The SMILES string of the molecule is COc1cc(C(=O)Nc2ccc(C(=O)Nc3ccccc3)cc2)ccc1OCc1ccccc1. The van der Waals surface area contributed by atoms with Crippen molar-refractivity contribution in [2.45, 2.75) is 6.61 Å². The van der Waals surface area contributed by atoms with Gasteiger partial charge in [-0.15, -0.1) is 0 Å². The molecule has 0 aliphatic carbocycles. The predicted octanol–water partition coefficient (Wildman–Crippen LogP) is 5.78. The van der Waals surface area contributed by atoms with Crippen molar-refractivity contribution >= 4 is 23.2 Å². The number of carbonyl (C=O) groups is 2. The van der Waals surface area contributed by atoms with Crippen LogP contribution in [0.25, 0.3) is 0 Å². The molecule has 0 fully saturated rings. The lowest BCUT2D eigenvalue weighted by Gasteiger charge is -2.13. The summed E-state index contributed by atoms with van der Waals surface area (Å²) < 4.78 is 11.3. The fourth-order valence-electron chi connectivity index (χ4n) is 3.30. The summed E-state index contributed by atoms with van der Waals surface area (Å²) in [6, 6.07) is 30.8. The normalized spacial score (nSPS) is 10.3. The van der Waals surface area contributed by atoms with Gasteiger partial charge < -0.3 is 20.1 Å². The maximum absolute atomic E-state index is 12.7. The highest BCUT2D eigenvalue weighted by Crippen LogP contribution is 2.29. The molecular formula is C28H24N2O4. The number of ether oxygens (including phenoxy) is 2. The van der Waals surface area contributed by atoms with Crippen LogP contribution in [0.15, 0.2) is 103 Å². The van der Waals surface area contributed by atoms with Crippen molar-refractivity contribution in [2.24, 2.45) is 0 Å². The van der Waals surface area contributed by atoms with Crippen molar-refractivity contribution in [3.8, 4) is 11.5 Å². The number of nitrogens with one attached hydrogen (secondary N) is 2. The maximum Gasteiger partial charge on any atom is 0.255 e. The molecule has 2 amide bonds. The second-order valence-electron chi connectivity index (χ2n) is 7.49. The van der Waals surface area contributed by atoms with Crippen LogP contribution in [0, 0.1) is 0 Å². The van der Waals surface area contributed by atoms with Crippen molar-refractivity contribution in [2.75, 3.05) is 17.7 Å². The van der Waals surface area contributed by atoms with Crippen molar-refractivity contribution in [3.63, 3.8) is 0 Å². The van der Waals surface area contributed by atoms with Gasteiger partial charge in [0.1, 0.15) is 6.61 Å². The van der Waals surface area contributed by atoms with Gasteiger partial charge in [0, 0.05) is 22.5 Å². The minimum Gasteiger partial charge on any atom is -0.493 e. The van der Waals surface area contributed by atoms with Crippen LogP contribution in [0.1, 0.15) is 26.3 Å². The fraction of sp³-hybridized carbons (Fsp3) is 0.0714. The molecule has 0 saturated carbocycles. The van der Waals surface area contributed by atoms with Gasteiger partial charge in [-0.3, -0.25) is 9.59 Å². The molecule has 4 rings (SSSR count). The third-order valence-corrected chi connectivity index (χ3v) is 5.10. The van der Waals surface area contributed by atoms with Crippen molar-refractivity contribution in [1.29, 1.82) is 0 Å². The van der Waals surface area contributed by atoms with Gasteiger partial charge in [-0.05, 0) is 60.2 Å². The van der Waals surface area contributed by atoms with Gasteiger partial charge in [-0.1, -0.05) is 48.5 Å². The second-order valence-corrected chi connectivity index (χ2v) is 7.49. The van der Waals surface area contributed by atoms with Crippen LogP contribution < -0.4 is 20.1 Å². The number of methoxy groups -OCH3 is 1. The Hall–Kier alpha value is -4.58. The molecule has 34 heavy (non-hydrogen) atoms. The Morgan fingerprint density at radius 1 is 0.647 bits per heavy atom. The van der Waals surface area contributed by atoms with Crippen LogP contribution in [-0.4, -0.2) is 18.9 Å². The lowest BCUT2D eigenvalue weighted by Crippen LogP contribution is -2.14. The summed E-state index contributed by atoms with van der Waals surface area (Å²) in [5, 5.41) is 5.67. The van der Waals surface area contributed by atoms with E-state index in [1.807, 2.05) is 60.7 Å². The van der Waals surface area contributed by atoms with Crippen LogP contribution in [0.2, 0.25) is 0 Å². The zero-order valence-corrected chi connectivity index (χ0v) is 18.7. The first-order valence-electron chi connectivity index (χ1n) is 10.7. The number of hydrogen-bond donors (Lipinski definition) is 2. The zero-order valence-electron chi connectivity index (χ0n) is 18.7. The molecule has 4 aromatic carbocycles. The van der Waals surface area contributed by atoms with Gasteiger partial charge in [-0.2, -0.15) is 0 Å². The topological polar surface area (TPSA) is 76.7 Å². The zero-order chi connectivity index (χ0) is 23.8. The molecule has 0 aliphatic rings. The predicted molar refractivity (Wildman–Crippen MR) is 133 cm³/mol. The molecule has 0 atom stereocenters. The molecule has 170 valence electrons. The lowest BCUT2D eigenvalue weighted by molar-refractivity contribution is 0.101. The molecule has 0 saturated heterocycles. The first-order chi connectivity index (χ1) is 16.6. The largest absolute Gasteiger partial charge is 0.493 e. The molecule has 0 unspecified atom stereocenters. The molecule has 0 radical (unpaired) electrons. The van der Waals surface area contributed by atoms with E-state index >= 15 is 0 Å². The number of benzene rings is 4. The summed E-state index contributed by atoms with van der Waals surface area (Å²) in [5.74, 6) is 0.502. The minimum atomic E-state index is -0.297. The molecule has 0 bridgehead atoms. The molecule has 6 nitrogen and oxygen atoms in total. The Labute approximate surface area is 198 Å². The van der Waals surface area contributed by atoms with Crippen LogP contribution in [0.5, 0.6) is 11.5 Å². The Bertz CT molecular complexity index is 1260. The summed E-state index contributed by atoms with van der Waals surface area (Å²) in [6.07, 6.45) is 0. The van der Waals surface area contributed by atoms with E-state index in [1.54, 1.807) is 42.5 Å². The lowest BCUT2D eigenvalue weighted by atomic mass is 10.1. The number of rotatable bonds is 8. The Balaban J connectivity index is 1.38. The molecule has 2 N–H and O–H groups in total. The third-order valence-electron chi connectivity index (χ3n) is 5.10. The van der Waals surface area contributed by atoms with Gasteiger partial charge in [0.2, 0.25) is 0 Å². The smallest absolute Gasteiger partial charge is 0.255 e. The summed E-state index contributed by atoms with van der Waals surface area (Å²) in [4.78, 5) is 25.1.